The Morgan fingerprint density at radius 2 is 1.89 bits per heavy atom. The molecule has 1 aromatic carbocycles. The van der Waals surface area contributed by atoms with E-state index in [-0.39, 0.29) is 0 Å². The first-order valence-electron chi connectivity index (χ1n) is 5.86. The first-order chi connectivity index (χ1) is 8.67. The van der Waals surface area contributed by atoms with Gasteiger partial charge in [0, 0.05) is 21.5 Å². The maximum Gasteiger partial charge on any atom is 0.118 e. The van der Waals surface area contributed by atoms with E-state index in [2.05, 4.69) is 65.3 Å². The van der Waals surface area contributed by atoms with Crippen LogP contribution in [0.25, 0.3) is 5.70 Å². The smallest absolute Gasteiger partial charge is 0.118 e. The van der Waals surface area contributed by atoms with Crippen molar-refractivity contribution in [2.24, 2.45) is 0 Å². The Kier molecular flexibility index (Phi) is 4.11. The van der Waals surface area contributed by atoms with Crippen molar-refractivity contribution in [2.75, 3.05) is 13.7 Å². The van der Waals surface area contributed by atoms with Crippen molar-refractivity contribution in [1.82, 2.24) is 4.90 Å². The third kappa shape index (κ3) is 2.46. The van der Waals surface area contributed by atoms with E-state index in [1.807, 2.05) is 12.1 Å². The Morgan fingerprint density at radius 1 is 1.22 bits per heavy atom. The van der Waals surface area contributed by atoms with E-state index in [1.54, 1.807) is 7.11 Å². The number of allylic oxidation sites excluding steroid dienone is 3. The lowest BCUT2D eigenvalue weighted by atomic mass is 10.1. The summed E-state index contributed by atoms with van der Waals surface area (Å²) in [6.07, 6.45) is 4.25. The van der Waals surface area contributed by atoms with Crippen LogP contribution < -0.4 is 4.74 Å². The molecule has 0 unspecified atom stereocenters. The second kappa shape index (κ2) is 5.61. The summed E-state index contributed by atoms with van der Waals surface area (Å²) in [6.45, 7) is 7.19. The summed E-state index contributed by atoms with van der Waals surface area (Å²) in [5.74, 6) is 0.877. The molecule has 1 aliphatic rings. The molecule has 0 N–H and O–H groups in total. The molecule has 3 heteroatoms. The number of halogens is 1. The topological polar surface area (TPSA) is 12.5 Å². The van der Waals surface area contributed by atoms with Gasteiger partial charge in [0.25, 0.3) is 0 Å². The first kappa shape index (κ1) is 13.2. The van der Waals surface area contributed by atoms with Crippen molar-refractivity contribution < 1.29 is 4.74 Å². The van der Waals surface area contributed by atoms with Gasteiger partial charge in [0.1, 0.15) is 5.75 Å². The van der Waals surface area contributed by atoms with Crippen LogP contribution in [-0.2, 0) is 0 Å². The average molecular weight is 353 g/mol. The van der Waals surface area contributed by atoms with E-state index in [0.717, 1.165) is 18.0 Å². The highest BCUT2D eigenvalue weighted by Crippen LogP contribution is 2.33. The van der Waals surface area contributed by atoms with Crippen molar-refractivity contribution >= 4 is 28.3 Å². The van der Waals surface area contributed by atoms with Gasteiger partial charge in [-0.05, 0) is 71.5 Å². The minimum atomic E-state index is 0.877. The largest absolute Gasteiger partial charge is 0.497 e. The molecule has 0 amide bonds. The molecule has 0 spiro atoms. The molecule has 1 aliphatic heterocycles. The van der Waals surface area contributed by atoms with Gasteiger partial charge in [0.15, 0.2) is 0 Å². The molecule has 2 nitrogen and oxygen atoms in total. The first-order valence-corrected chi connectivity index (χ1v) is 6.94. The van der Waals surface area contributed by atoms with Crippen molar-refractivity contribution in [3.8, 4) is 5.75 Å². The zero-order valence-electron chi connectivity index (χ0n) is 10.6. The highest BCUT2D eigenvalue weighted by molar-refractivity contribution is 14.1. The zero-order chi connectivity index (χ0) is 13.1. The number of benzene rings is 1. The van der Waals surface area contributed by atoms with E-state index in [9.17, 15) is 0 Å². The Hall–Kier alpha value is -1.23. The Bertz CT molecular complexity index is 514. The molecule has 0 aromatic heterocycles. The standard InChI is InChI=1S/C15H16INO/c1-4-17-11(2)14(16)9-10-15(17)12-5-7-13(18-3)8-6-12/h5-10H,2,4H2,1,3H3. The second-order valence-electron chi connectivity index (χ2n) is 3.99. The Balaban J connectivity index is 2.38. The molecule has 0 fully saturated rings. The molecule has 0 saturated carbocycles. The fourth-order valence-corrected chi connectivity index (χ4v) is 2.46. The van der Waals surface area contributed by atoms with Crippen LogP contribution in [0.2, 0.25) is 0 Å². The number of nitrogens with zero attached hydrogens (tertiary/aromatic N) is 1. The SMILES string of the molecule is C=C1C(I)=CC=C(c2ccc(OC)cc2)N1CC. The number of ether oxygens (including phenoxy) is 1. The summed E-state index contributed by atoms with van der Waals surface area (Å²) >= 11 is 2.32. The number of rotatable bonds is 3. The molecule has 1 heterocycles. The maximum atomic E-state index is 5.18. The summed E-state index contributed by atoms with van der Waals surface area (Å²) in [5, 5.41) is 0. The summed E-state index contributed by atoms with van der Waals surface area (Å²) < 4.78 is 6.37. The minimum Gasteiger partial charge on any atom is -0.497 e. The summed E-state index contributed by atoms with van der Waals surface area (Å²) in [7, 11) is 1.68. The summed E-state index contributed by atoms with van der Waals surface area (Å²) in [4.78, 5) is 2.23. The van der Waals surface area contributed by atoms with Gasteiger partial charge in [-0.1, -0.05) is 6.58 Å². The highest BCUT2D eigenvalue weighted by atomic mass is 127. The molecular weight excluding hydrogens is 337 g/mol. The second-order valence-corrected chi connectivity index (χ2v) is 5.15. The summed E-state index contributed by atoms with van der Waals surface area (Å²) in [5.41, 5.74) is 3.43. The fraction of sp³-hybridized carbons (Fsp3) is 0.200. The van der Waals surface area contributed by atoms with E-state index >= 15 is 0 Å². The molecule has 0 bridgehead atoms. The van der Waals surface area contributed by atoms with E-state index in [0.29, 0.717) is 0 Å². The predicted octanol–water partition coefficient (Wildman–Crippen LogP) is 4.20. The molecular formula is C15H16INO. The van der Waals surface area contributed by atoms with Crippen LogP contribution in [0.1, 0.15) is 12.5 Å². The summed E-state index contributed by atoms with van der Waals surface area (Å²) in [6, 6.07) is 8.12. The number of methoxy groups -OCH3 is 1. The van der Waals surface area contributed by atoms with Gasteiger partial charge in [-0.2, -0.15) is 0 Å². The number of hydrogen-bond acceptors (Lipinski definition) is 2. The van der Waals surface area contributed by atoms with Crippen LogP contribution in [0.3, 0.4) is 0 Å². The third-order valence-corrected chi connectivity index (χ3v) is 3.96. The van der Waals surface area contributed by atoms with Crippen molar-refractivity contribution in [1.29, 1.82) is 0 Å². The molecule has 0 atom stereocenters. The Labute approximate surface area is 122 Å². The molecule has 0 aliphatic carbocycles. The van der Waals surface area contributed by atoms with E-state index in [1.165, 1.54) is 14.8 Å². The van der Waals surface area contributed by atoms with E-state index < -0.39 is 0 Å². The van der Waals surface area contributed by atoms with Crippen LogP contribution in [0.15, 0.2) is 52.3 Å². The van der Waals surface area contributed by atoms with Gasteiger partial charge in [-0.15, -0.1) is 0 Å². The molecule has 94 valence electrons. The van der Waals surface area contributed by atoms with Crippen LogP contribution in [0, 0.1) is 0 Å². The van der Waals surface area contributed by atoms with Crippen LogP contribution in [0.4, 0.5) is 0 Å². The third-order valence-electron chi connectivity index (χ3n) is 2.98. The van der Waals surface area contributed by atoms with Gasteiger partial charge in [-0.3, -0.25) is 0 Å². The van der Waals surface area contributed by atoms with Gasteiger partial charge < -0.3 is 9.64 Å². The van der Waals surface area contributed by atoms with E-state index in [4.69, 9.17) is 4.74 Å². The monoisotopic (exact) mass is 353 g/mol. The molecule has 18 heavy (non-hydrogen) atoms. The lowest BCUT2D eigenvalue weighted by molar-refractivity contribution is 0.414. The van der Waals surface area contributed by atoms with Gasteiger partial charge in [0.05, 0.1) is 7.11 Å². The van der Waals surface area contributed by atoms with Crippen LogP contribution in [0.5, 0.6) is 5.75 Å². The number of hydrogen-bond donors (Lipinski definition) is 0. The highest BCUT2D eigenvalue weighted by Gasteiger charge is 2.17. The molecule has 0 saturated heterocycles. The lowest BCUT2D eigenvalue weighted by Gasteiger charge is -2.30. The molecule has 0 radical (unpaired) electrons. The molecule has 2 rings (SSSR count). The minimum absolute atomic E-state index is 0.877. The number of likely N-dealkylation sites (N-methyl/N-ethyl adjacent to an activating group) is 1. The molecule has 1 aromatic rings. The van der Waals surface area contributed by atoms with Gasteiger partial charge in [-0.25, -0.2) is 0 Å². The zero-order valence-corrected chi connectivity index (χ0v) is 12.8. The van der Waals surface area contributed by atoms with Crippen molar-refractivity contribution in [3.63, 3.8) is 0 Å². The predicted molar refractivity (Wildman–Crippen MR) is 84.6 cm³/mol. The Morgan fingerprint density at radius 3 is 2.44 bits per heavy atom. The lowest BCUT2D eigenvalue weighted by Crippen LogP contribution is -2.22. The van der Waals surface area contributed by atoms with Crippen LogP contribution >= 0.6 is 22.6 Å². The average Bonchev–Trinajstić information content (AvgIpc) is 2.42. The van der Waals surface area contributed by atoms with Crippen molar-refractivity contribution in [3.05, 3.63) is 57.8 Å². The maximum absolute atomic E-state index is 5.18. The van der Waals surface area contributed by atoms with Gasteiger partial charge >= 0.3 is 0 Å². The quantitative estimate of drug-likeness (QED) is 0.755. The van der Waals surface area contributed by atoms with Crippen LogP contribution in [-0.4, -0.2) is 18.6 Å². The van der Waals surface area contributed by atoms with Crippen molar-refractivity contribution in [2.45, 2.75) is 6.92 Å². The normalized spacial score (nSPS) is 15.3. The fourth-order valence-electron chi connectivity index (χ4n) is 1.99. The van der Waals surface area contributed by atoms with Gasteiger partial charge in [0.2, 0.25) is 0 Å².